The van der Waals surface area contributed by atoms with Gasteiger partial charge in [-0.1, -0.05) is 12.1 Å². The first-order chi connectivity index (χ1) is 13.1. The quantitative estimate of drug-likeness (QED) is 0.734. The second-order valence-corrected chi connectivity index (χ2v) is 6.67. The Morgan fingerprint density at radius 2 is 2.00 bits per heavy atom. The van der Waals surface area contributed by atoms with E-state index >= 15 is 0 Å². The standard InChI is InChI=1S/C21H21N3O3/c1-14-7-8-15(2)16(11-14)22-13-21(25)24-18(20-6-4-10-27-20)12-17(23-24)19-5-3-9-26-19/h3-11,18,22H,12-13H2,1-2H3. The minimum absolute atomic E-state index is 0.126. The van der Waals surface area contributed by atoms with Crippen molar-refractivity contribution in [3.8, 4) is 0 Å². The lowest BCUT2D eigenvalue weighted by molar-refractivity contribution is -0.131. The Kier molecular flexibility index (Phi) is 4.54. The van der Waals surface area contributed by atoms with Gasteiger partial charge in [-0.3, -0.25) is 4.79 Å². The molecule has 138 valence electrons. The van der Waals surface area contributed by atoms with Crippen LogP contribution >= 0.6 is 0 Å². The third kappa shape index (κ3) is 3.51. The zero-order valence-electron chi connectivity index (χ0n) is 15.3. The number of carbonyl (C=O) groups excluding carboxylic acids is 1. The molecule has 0 spiro atoms. The van der Waals surface area contributed by atoms with Crippen molar-refractivity contribution in [3.05, 3.63) is 77.6 Å². The maximum Gasteiger partial charge on any atom is 0.262 e. The molecule has 1 unspecified atom stereocenters. The molecule has 1 aliphatic heterocycles. The Bertz CT molecular complexity index is 959. The lowest BCUT2D eigenvalue weighted by Gasteiger charge is -2.20. The fraction of sp³-hybridized carbons (Fsp3) is 0.238. The number of hydrogen-bond donors (Lipinski definition) is 1. The Morgan fingerprint density at radius 3 is 2.74 bits per heavy atom. The number of hydrazone groups is 1. The predicted octanol–water partition coefficient (Wildman–Crippen LogP) is 4.28. The minimum Gasteiger partial charge on any atom is -0.467 e. The van der Waals surface area contributed by atoms with E-state index in [1.807, 2.05) is 50.2 Å². The summed E-state index contributed by atoms with van der Waals surface area (Å²) in [5.74, 6) is 1.25. The molecule has 0 aliphatic carbocycles. The van der Waals surface area contributed by atoms with E-state index in [2.05, 4.69) is 16.5 Å². The number of anilines is 1. The van der Waals surface area contributed by atoms with Crippen LogP contribution in [0.15, 0.2) is 68.9 Å². The molecule has 1 N–H and O–H groups in total. The zero-order chi connectivity index (χ0) is 18.8. The van der Waals surface area contributed by atoms with Gasteiger partial charge in [-0.2, -0.15) is 5.10 Å². The van der Waals surface area contributed by atoms with Crippen LogP contribution in [0.3, 0.4) is 0 Å². The molecule has 3 heterocycles. The highest BCUT2D eigenvalue weighted by molar-refractivity contribution is 6.01. The zero-order valence-corrected chi connectivity index (χ0v) is 15.3. The number of hydrogen-bond acceptors (Lipinski definition) is 5. The highest BCUT2D eigenvalue weighted by atomic mass is 16.3. The van der Waals surface area contributed by atoms with Gasteiger partial charge in [-0.25, -0.2) is 5.01 Å². The number of rotatable bonds is 5. The van der Waals surface area contributed by atoms with Crippen LogP contribution < -0.4 is 5.32 Å². The fourth-order valence-corrected chi connectivity index (χ4v) is 3.21. The van der Waals surface area contributed by atoms with Gasteiger partial charge < -0.3 is 14.2 Å². The average Bonchev–Trinajstić information content (AvgIpc) is 3.40. The topological polar surface area (TPSA) is 71.0 Å². The summed E-state index contributed by atoms with van der Waals surface area (Å²) in [7, 11) is 0. The maximum atomic E-state index is 12.9. The van der Waals surface area contributed by atoms with Crippen molar-refractivity contribution < 1.29 is 13.6 Å². The van der Waals surface area contributed by atoms with Gasteiger partial charge in [-0.05, 0) is 55.3 Å². The summed E-state index contributed by atoms with van der Waals surface area (Å²) < 4.78 is 11.0. The number of furan rings is 2. The molecule has 1 amide bonds. The van der Waals surface area contributed by atoms with Gasteiger partial charge in [0.15, 0.2) is 0 Å². The van der Waals surface area contributed by atoms with E-state index in [0.717, 1.165) is 22.5 Å². The second-order valence-electron chi connectivity index (χ2n) is 6.67. The van der Waals surface area contributed by atoms with Crippen molar-refractivity contribution in [2.45, 2.75) is 26.3 Å². The maximum absolute atomic E-state index is 12.9. The molecule has 3 aromatic rings. The summed E-state index contributed by atoms with van der Waals surface area (Å²) in [6, 6.07) is 13.2. The third-order valence-electron chi connectivity index (χ3n) is 4.67. The van der Waals surface area contributed by atoms with Crippen LogP contribution in [0.1, 0.15) is 35.1 Å². The number of nitrogens with zero attached hydrogens (tertiary/aromatic N) is 2. The lowest BCUT2D eigenvalue weighted by atomic mass is 10.1. The molecule has 0 saturated carbocycles. The Hall–Kier alpha value is -3.28. The molecule has 0 bridgehead atoms. The number of aryl methyl sites for hydroxylation is 2. The molecule has 4 rings (SSSR count). The third-order valence-corrected chi connectivity index (χ3v) is 4.67. The van der Waals surface area contributed by atoms with Crippen LogP contribution in [0.5, 0.6) is 0 Å². The van der Waals surface area contributed by atoms with Gasteiger partial charge in [0.2, 0.25) is 0 Å². The van der Waals surface area contributed by atoms with Gasteiger partial charge in [0.1, 0.15) is 23.3 Å². The molecular formula is C21H21N3O3. The van der Waals surface area contributed by atoms with Crippen LogP contribution in [0.2, 0.25) is 0 Å². The van der Waals surface area contributed by atoms with Gasteiger partial charge in [0.25, 0.3) is 5.91 Å². The normalized spacial score (nSPS) is 16.4. The van der Waals surface area contributed by atoms with Crippen LogP contribution in [0, 0.1) is 13.8 Å². The van der Waals surface area contributed by atoms with Crippen molar-refractivity contribution >= 4 is 17.3 Å². The molecular weight excluding hydrogens is 342 g/mol. The molecule has 0 radical (unpaired) electrons. The summed E-state index contributed by atoms with van der Waals surface area (Å²) >= 11 is 0. The molecule has 1 aliphatic rings. The van der Waals surface area contributed by atoms with Crippen molar-refractivity contribution in [1.29, 1.82) is 0 Å². The molecule has 6 heteroatoms. The van der Waals surface area contributed by atoms with Crippen LogP contribution in [-0.4, -0.2) is 23.2 Å². The summed E-state index contributed by atoms with van der Waals surface area (Å²) in [5.41, 5.74) is 3.93. The first kappa shape index (κ1) is 17.1. The van der Waals surface area contributed by atoms with Crippen LogP contribution in [0.4, 0.5) is 5.69 Å². The van der Waals surface area contributed by atoms with Gasteiger partial charge in [0.05, 0.1) is 19.1 Å². The lowest BCUT2D eigenvalue weighted by Crippen LogP contribution is -2.32. The molecule has 6 nitrogen and oxygen atoms in total. The summed E-state index contributed by atoms with van der Waals surface area (Å²) in [6.07, 6.45) is 3.76. The Labute approximate surface area is 157 Å². The molecule has 27 heavy (non-hydrogen) atoms. The molecule has 2 aromatic heterocycles. The monoisotopic (exact) mass is 363 g/mol. The van der Waals surface area contributed by atoms with E-state index in [1.54, 1.807) is 12.5 Å². The van der Waals surface area contributed by atoms with Crippen molar-refractivity contribution in [2.24, 2.45) is 5.10 Å². The molecule has 1 aromatic carbocycles. The largest absolute Gasteiger partial charge is 0.467 e. The van der Waals surface area contributed by atoms with Gasteiger partial charge in [0, 0.05) is 12.1 Å². The van der Waals surface area contributed by atoms with E-state index in [0.29, 0.717) is 17.9 Å². The first-order valence-corrected chi connectivity index (χ1v) is 8.90. The summed E-state index contributed by atoms with van der Waals surface area (Å²) in [4.78, 5) is 12.9. The van der Waals surface area contributed by atoms with E-state index in [-0.39, 0.29) is 18.5 Å². The minimum atomic E-state index is -0.270. The van der Waals surface area contributed by atoms with Crippen molar-refractivity contribution in [3.63, 3.8) is 0 Å². The smallest absolute Gasteiger partial charge is 0.262 e. The number of carbonyl (C=O) groups is 1. The first-order valence-electron chi connectivity index (χ1n) is 8.90. The van der Waals surface area contributed by atoms with Gasteiger partial charge >= 0.3 is 0 Å². The van der Waals surface area contributed by atoms with Crippen molar-refractivity contribution in [2.75, 3.05) is 11.9 Å². The highest BCUT2D eigenvalue weighted by Gasteiger charge is 2.35. The Balaban J connectivity index is 1.54. The SMILES string of the molecule is Cc1ccc(C)c(NCC(=O)N2N=C(c3ccco3)CC2c2ccco2)c1. The highest BCUT2D eigenvalue weighted by Crippen LogP contribution is 2.33. The molecule has 1 atom stereocenters. The van der Waals surface area contributed by atoms with Crippen LogP contribution in [0.25, 0.3) is 0 Å². The fourth-order valence-electron chi connectivity index (χ4n) is 3.21. The Morgan fingerprint density at radius 1 is 1.19 bits per heavy atom. The van der Waals surface area contributed by atoms with E-state index < -0.39 is 0 Å². The molecule has 0 saturated heterocycles. The summed E-state index contributed by atoms with van der Waals surface area (Å²) in [5, 5.41) is 9.25. The number of amides is 1. The number of benzene rings is 1. The van der Waals surface area contributed by atoms with Crippen LogP contribution in [-0.2, 0) is 4.79 Å². The van der Waals surface area contributed by atoms with Gasteiger partial charge in [-0.15, -0.1) is 0 Å². The summed E-state index contributed by atoms with van der Waals surface area (Å²) in [6.45, 7) is 4.19. The average molecular weight is 363 g/mol. The van der Waals surface area contributed by atoms with E-state index in [4.69, 9.17) is 8.83 Å². The molecule has 0 fully saturated rings. The van der Waals surface area contributed by atoms with E-state index in [1.165, 1.54) is 5.01 Å². The second kappa shape index (κ2) is 7.15. The van der Waals surface area contributed by atoms with E-state index in [9.17, 15) is 4.79 Å². The number of nitrogens with one attached hydrogen (secondary N) is 1. The van der Waals surface area contributed by atoms with Crippen molar-refractivity contribution in [1.82, 2.24) is 5.01 Å². The predicted molar refractivity (Wildman–Crippen MR) is 103 cm³/mol.